The van der Waals surface area contributed by atoms with Gasteiger partial charge in [0, 0.05) is 4.47 Å². The Hall–Kier alpha value is -1.61. The molecule has 0 radical (unpaired) electrons. The summed E-state index contributed by atoms with van der Waals surface area (Å²) in [5.41, 5.74) is 2.98. The smallest absolute Gasteiger partial charge is 0.354 e. The molecular weight excluding hydrogens is 364 g/mol. The Balaban J connectivity index is 2.98. The minimum atomic E-state index is -3.68. The molecule has 0 aliphatic rings. The van der Waals surface area contributed by atoms with Gasteiger partial charge in [-0.15, -0.1) is 0 Å². The topological polar surface area (TPSA) is 94.1 Å². The van der Waals surface area contributed by atoms with Crippen LogP contribution in [0.1, 0.15) is 13.8 Å². The molecule has 0 bridgehead atoms. The van der Waals surface area contributed by atoms with Crippen molar-refractivity contribution in [3.8, 4) is 5.75 Å². The Labute approximate surface area is 131 Å². The number of rotatable bonds is 6. The van der Waals surface area contributed by atoms with Crippen molar-refractivity contribution in [3.05, 3.63) is 22.7 Å². The number of esters is 1. The first-order valence-corrected chi connectivity index (χ1v) is 8.50. The molecule has 0 fully saturated rings. The molecule has 1 aromatic carbocycles. The van der Waals surface area contributed by atoms with Crippen LogP contribution in [0.15, 0.2) is 27.8 Å². The molecule has 0 aromatic heterocycles. The van der Waals surface area contributed by atoms with Gasteiger partial charge in [0.05, 0.1) is 18.6 Å². The zero-order chi connectivity index (χ0) is 16.0. The number of nitrogens with zero attached hydrogens (tertiary/aromatic N) is 1. The molecular formula is C12H15BrN2O5S. The van der Waals surface area contributed by atoms with E-state index in [0.717, 1.165) is 6.26 Å². The molecule has 0 heterocycles. The van der Waals surface area contributed by atoms with Gasteiger partial charge in [0.2, 0.25) is 0 Å². The number of hydrogen-bond acceptors (Lipinski definition) is 7. The van der Waals surface area contributed by atoms with Crippen molar-refractivity contribution in [2.24, 2.45) is 5.10 Å². The highest BCUT2D eigenvalue weighted by Gasteiger charge is 2.12. The zero-order valence-corrected chi connectivity index (χ0v) is 14.1. The molecule has 0 spiro atoms. The molecule has 0 atom stereocenters. The second-order valence-corrected chi connectivity index (χ2v) is 6.45. The standard InChI is InChI=1S/C12H15BrN2O5S/c1-4-19-12(16)8(2)14-15-10-6-5-9(13)7-11(10)20-21(3,17)18/h5-7,15H,4H2,1-3H3/b14-8-. The Kier molecular flexibility index (Phi) is 6.16. The fraction of sp³-hybridized carbons (Fsp3) is 0.333. The lowest BCUT2D eigenvalue weighted by atomic mass is 10.3. The van der Waals surface area contributed by atoms with E-state index in [1.165, 1.54) is 13.0 Å². The summed E-state index contributed by atoms with van der Waals surface area (Å²) in [6.07, 6.45) is 0.935. The molecule has 0 aliphatic carbocycles. The third-order valence-corrected chi connectivity index (χ3v) is 3.08. The SMILES string of the molecule is CCOC(=O)/C(C)=N\Nc1ccc(Br)cc1OS(C)(=O)=O. The summed E-state index contributed by atoms with van der Waals surface area (Å²) in [7, 11) is -3.68. The van der Waals surface area contributed by atoms with Crippen LogP contribution < -0.4 is 9.61 Å². The van der Waals surface area contributed by atoms with Gasteiger partial charge in [-0.2, -0.15) is 13.5 Å². The Morgan fingerprint density at radius 3 is 2.67 bits per heavy atom. The number of carbonyl (C=O) groups is 1. The molecule has 7 nitrogen and oxygen atoms in total. The zero-order valence-electron chi connectivity index (χ0n) is 11.7. The van der Waals surface area contributed by atoms with E-state index in [0.29, 0.717) is 10.2 Å². The summed E-state index contributed by atoms with van der Waals surface area (Å²) in [5, 5.41) is 3.84. The second-order valence-electron chi connectivity index (χ2n) is 3.96. The third kappa shape index (κ3) is 6.13. The molecule has 0 unspecified atom stereocenters. The quantitative estimate of drug-likeness (QED) is 0.352. The van der Waals surface area contributed by atoms with Gasteiger partial charge in [0.1, 0.15) is 5.71 Å². The van der Waals surface area contributed by atoms with E-state index in [4.69, 9.17) is 8.92 Å². The summed E-state index contributed by atoms with van der Waals surface area (Å²) in [6, 6.07) is 4.71. The highest BCUT2D eigenvalue weighted by atomic mass is 79.9. The number of halogens is 1. The average molecular weight is 379 g/mol. The largest absolute Gasteiger partial charge is 0.461 e. The van der Waals surface area contributed by atoms with Crippen LogP contribution in [0.25, 0.3) is 0 Å². The normalized spacial score (nSPS) is 11.9. The highest BCUT2D eigenvalue weighted by Crippen LogP contribution is 2.29. The number of anilines is 1. The van der Waals surface area contributed by atoms with Crippen LogP contribution in [-0.4, -0.2) is 33.0 Å². The predicted octanol–water partition coefficient (Wildman–Crippen LogP) is 2.14. The van der Waals surface area contributed by atoms with Crippen molar-refractivity contribution in [2.45, 2.75) is 13.8 Å². The number of ether oxygens (including phenoxy) is 1. The van der Waals surface area contributed by atoms with Crippen molar-refractivity contribution in [1.82, 2.24) is 0 Å². The van der Waals surface area contributed by atoms with Crippen LogP contribution in [0.2, 0.25) is 0 Å². The van der Waals surface area contributed by atoms with E-state index in [1.807, 2.05) is 0 Å². The molecule has 21 heavy (non-hydrogen) atoms. The lowest BCUT2D eigenvalue weighted by Gasteiger charge is -2.10. The van der Waals surface area contributed by atoms with Gasteiger partial charge in [0.25, 0.3) is 0 Å². The van der Waals surface area contributed by atoms with E-state index >= 15 is 0 Å². The van der Waals surface area contributed by atoms with Gasteiger partial charge in [-0.1, -0.05) is 15.9 Å². The molecule has 0 saturated carbocycles. The van der Waals surface area contributed by atoms with Crippen molar-refractivity contribution >= 4 is 43.4 Å². The maximum atomic E-state index is 11.4. The fourth-order valence-corrected chi connectivity index (χ4v) is 2.05. The lowest BCUT2D eigenvalue weighted by molar-refractivity contribution is -0.135. The van der Waals surface area contributed by atoms with Crippen LogP contribution in [-0.2, 0) is 19.6 Å². The van der Waals surface area contributed by atoms with Gasteiger partial charge in [-0.3, -0.25) is 5.43 Å². The molecule has 0 amide bonds. The van der Waals surface area contributed by atoms with Crippen LogP contribution in [0.3, 0.4) is 0 Å². The van der Waals surface area contributed by atoms with Crippen molar-refractivity contribution in [3.63, 3.8) is 0 Å². The number of hydrazone groups is 1. The molecule has 0 saturated heterocycles. The number of carbonyl (C=O) groups excluding carboxylic acids is 1. The van der Waals surface area contributed by atoms with E-state index in [2.05, 4.69) is 26.5 Å². The monoisotopic (exact) mass is 378 g/mol. The lowest BCUT2D eigenvalue weighted by Crippen LogP contribution is -2.15. The summed E-state index contributed by atoms with van der Waals surface area (Å²) in [4.78, 5) is 11.4. The van der Waals surface area contributed by atoms with E-state index < -0.39 is 16.1 Å². The van der Waals surface area contributed by atoms with Crippen molar-refractivity contribution in [1.29, 1.82) is 0 Å². The average Bonchev–Trinajstić information content (AvgIpc) is 2.35. The van der Waals surface area contributed by atoms with Crippen LogP contribution >= 0.6 is 15.9 Å². The van der Waals surface area contributed by atoms with Gasteiger partial charge >= 0.3 is 16.1 Å². The first-order valence-electron chi connectivity index (χ1n) is 5.89. The summed E-state index contributed by atoms with van der Waals surface area (Å²) < 4.78 is 32.7. The van der Waals surface area contributed by atoms with Crippen LogP contribution in [0.4, 0.5) is 5.69 Å². The Morgan fingerprint density at radius 1 is 1.43 bits per heavy atom. The molecule has 0 aliphatic heterocycles. The van der Waals surface area contributed by atoms with Crippen LogP contribution in [0, 0.1) is 0 Å². The van der Waals surface area contributed by atoms with Gasteiger partial charge < -0.3 is 8.92 Å². The fourth-order valence-electron chi connectivity index (χ4n) is 1.25. The highest BCUT2D eigenvalue weighted by molar-refractivity contribution is 9.10. The van der Waals surface area contributed by atoms with E-state index in [-0.39, 0.29) is 18.1 Å². The van der Waals surface area contributed by atoms with Crippen molar-refractivity contribution in [2.75, 3.05) is 18.3 Å². The van der Waals surface area contributed by atoms with Gasteiger partial charge in [-0.25, -0.2) is 4.79 Å². The number of hydrogen-bond donors (Lipinski definition) is 1. The minimum Gasteiger partial charge on any atom is -0.461 e. The van der Waals surface area contributed by atoms with Crippen LogP contribution in [0.5, 0.6) is 5.75 Å². The number of benzene rings is 1. The molecule has 116 valence electrons. The molecule has 1 N–H and O–H groups in total. The Morgan fingerprint density at radius 2 is 2.10 bits per heavy atom. The molecule has 9 heteroatoms. The van der Waals surface area contributed by atoms with Crippen molar-refractivity contribution < 1.29 is 22.1 Å². The van der Waals surface area contributed by atoms with E-state index in [9.17, 15) is 13.2 Å². The maximum Gasteiger partial charge on any atom is 0.354 e. The minimum absolute atomic E-state index is 0.0623. The summed E-state index contributed by atoms with van der Waals surface area (Å²) >= 11 is 3.22. The van der Waals surface area contributed by atoms with Gasteiger partial charge in [-0.05, 0) is 32.0 Å². The summed E-state index contributed by atoms with van der Waals surface area (Å²) in [6.45, 7) is 3.40. The predicted molar refractivity (Wildman–Crippen MR) is 83.0 cm³/mol. The maximum absolute atomic E-state index is 11.4. The second kappa shape index (κ2) is 7.41. The summed E-state index contributed by atoms with van der Waals surface area (Å²) in [5.74, 6) is -0.500. The third-order valence-electron chi connectivity index (χ3n) is 2.10. The number of nitrogens with one attached hydrogen (secondary N) is 1. The first kappa shape index (κ1) is 17.4. The van der Waals surface area contributed by atoms with E-state index in [1.54, 1.807) is 19.1 Å². The van der Waals surface area contributed by atoms with Gasteiger partial charge in [0.15, 0.2) is 5.75 Å². The molecule has 1 aromatic rings. The Bertz CT molecular complexity index is 658. The first-order chi connectivity index (χ1) is 9.73. The molecule has 1 rings (SSSR count).